The fourth-order valence-electron chi connectivity index (χ4n) is 1.71. The SMILES string of the molecule is COc1ccc(CSc2nncn2C)cc1C#CCCO. The number of hydrogen-bond donors (Lipinski definition) is 1. The van der Waals surface area contributed by atoms with E-state index >= 15 is 0 Å². The molecule has 1 aromatic heterocycles. The maximum absolute atomic E-state index is 8.79. The first-order valence-electron chi connectivity index (χ1n) is 6.48. The number of nitrogens with zero attached hydrogens (tertiary/aromatic N) is 3. The summed E-state index contributed by atoms with van der Waals surface area (Å²) in [5.74, 6) is 7.48. The number of hydrogen-bond acceptors (Lipinski definition) is 5. The van der Waals surface area contributed by atoms with Gasteiger partial charge >= 0.3 is 0 Å². The summed E-state index contributed by atoms with van der Waals surface area (Å²) in [5.41, 5.74) is 1.97. The number of aromatic nitrogens is 3. The molecule has 0 amide bonds. The number of aliphatic hydroxyl groups excluding tert-OH is 1. The van der Waals surface area contributed by atoms with Gasteiger partial charge in [-0.25, -0.2) is 0 Å². The summed E-state index contributed by atoms with van der Waals surface area (Å²) in [6.45, 7) is 0.0665. The fraction of sp³-hybridized carbons (Fsp3) is 0.333. The van der Waals surface area contributed by atoms with Crippen molar-refractivity contribution in [3.63, 3.8) is 0 Å². The molecule has 0 bridgehead atoms. The van der Waals surface area contributed by atoms with E-state index in [1.165, 1.54) is 0 Å². The molecule has 0 atom stereocenters. The van der Waals surface area contributed by atoms with Crippen LogP contribution in [-0.2, 0) is 12.8 Å². The van der Waals surface area contributed by atoms with Crippen molar-refractivity contribution >= 4 is 11.8 Å². The lowest BCUT2D eigenvalue weighted by atomic mass is 10.1. The van der Waals surface area contributed by atoms with Crippen LogP contribution in [0.5, 0.6) is 5.75 Å². The zero-order chi connectivity index (χ0) is 15.1. The Morgan fingerprint density at radius 3 is 2.95 bits per heavy atom. The number of rotatable bonds is 5. The van der Waals surface area contributed by atoms with Crippen LogP contribution < -0.4 is 4.74 Å². The molecule has 1 aromatic carbocycles. The van der Waals surface area contributed by atoms with Gasteiger partial charge in [-0.2, -0.15) is 0 Å². The second kappa shape index (κ2) is 7.72. The minimum Gasteiger partial charge on any atom is -0.495 e. The van der Waals surface area contributed by atoms with E-state index < -0.39 is 0 Å². The van der Waals surface area contributed by atoms with Crippen LogP contribution in [0, 0.1) is 11.8 Å². The molecule has 0 aliphatic heterocycles. The zero-order valence-electron chi connectivity index (χ0n) is 12.0. The van der Waals surface area contributed by atoms with Crippen LogP contribution in [0.4, 0.5) is 0 Å². The second-order valence-electron chi connectivity index (χ2n) is 4.32. The Bertz CT molecular complexity index is 658. The summed E-state index contributed by atoms with van der Waals surface area (Å²) in [5, 5.41) is 17.6. The summed E-state index contributed by atoms with van der Waals surface area (Å²) in [6.07, 6.45) is 2.14. The van der Waals surface area contributed by atoms with Gasteiger partial charge in [-0.15, -0.1) is 10.2 Å². The van der Waals surface area contributed by atoms with E-state index in [4.69, 9.17) is 9.84 Å². The largest absolute Gasteiger partial charge is 0.495 e. The molecule has 0 saturated carbocycles. The average Bonchev–Trinajstić information content (AvgIpc) is 2.91. The van der Waals surface area contributed by atoms with Crippen molar-refractivity contribution in [2.24, 2.45) is 7.05 Å². The molecule has 0 radical (unpaired) electrons. The molecule has 0 saturated heterocycles. The number of methoxy groups -OCH3 is 1. The summed E-state index contributed by atoms with van der Waals surface area (Å²) in [6, 6.07) is 5.93. The maximum atomic E-state index is 8.79. The predicted molar refractivity (Wildman–Crippen MR) is 82.1 cm³/mol. The van der Waals surface area contributed by atoms with Crippen LogP contribution in [0.1, 0.15) is 17.5 Å². The molecule has 2 aromatic rings. The van der Waals surface area contributed by atoms with E-state index in [-0.39, 0.29) is 6.61 Å². The van der Waals surface area contributed by atoms with Crippen molar-refractivity contribution in [1.29, 1.82) is 0 Å². The first-order valence-corrected chi connectivity index (χ1v) is 7.46. The number of benzene rings is 1. The highest BCUT2D eigenvalue weighted by atomic mass is 32.2. The Labute approximate surface area is 128 Å². The van der Waals surface area contributed by atoms with E-state index in [1.807, 2.05) is 29.8 Å². The first kappa shape index (κ1) is 15.4. The minimum atomic E-state index is 0.0665. The zero-order valence-corrected chi connectivity index (χ0v) is 12.9. The third-order valence-electron chi connectivity index (χ3n) is 2.76. The van der Waals surface area contributed by atoms with E-state index in [0.717, 1.165) is 27.8 Å². The van der Waals surface area contributed by atoms with Crippen molar-refractivity contribution in [3.05, 3.63) is 35.7 Å². The van der Waals surface area contributed by atoms with Crippen LogP contribution in [0.3, 0.4) is 0 Å². The van der Waals surface area contributed by atoms with Crippen molar-refractivity contribution in [2.75, 3.05) is 13.7 Å². The van der Waals surface area contributed by atoms with Crippen LogP contribution in [0.25, 0.3) is 0 Å². The highest BCUT2D eigenvalue weighted by Crippen LogP contribution is 2.24. The topological polar surface area (TPSA) is 60.2 Å². The lowest BCUT2D eigenvalue weighted by Gasteiger charge is -2.06. The lowest BCUT2D eigenvalue weighted by Crippen LogP contribution is -1.92. The summed E-state index contributed by atoms with van der Waals surface area (Å²) in [4.78, 5) is 0. The van der Waals surface area contributed by atoms with Gasteiger partial charge in [0, 0.05) is 19.2 Å². The lowest BCUT2D eigenvalue weighted by molar-refractivity contribution is 0.305. The van der Waals surface area contributed by atoms with Crippen molar-refractivity contribution < 1.29 is 9.84 Å². The second-order valence-corrected chi connectivity index (χ2v) is 5.27. The summed E-state index contributed by atoms with van der Waals surface area (Å²) >= 11 is 1.62. The van der Waals surface area contributed by atoms with Crippen LogP contribution in [-0.4, -0.2) is 33.6 Å². The molecular weight excluding hydrogens is 286 g/mol. The van der Waals surface area contributed by atoms with Gasteiger partial charge in [0.05, 0.1) is 19.3 Å². The van der Waals surface area contributed by atoms with Crippen molar-refractivity contribution in [3.8, 4) is 17.6 Å². The molecule has 1 heterocycles. The Morgan fingerprint density at radius 1 is 1.43 bits per heavy atom. The normalized spacial score (nSPS) is 10.0. The molecule has 0 fully saturated rings. The molecule has 0 spiro atoms. The Morgan fingerprint density at radius 2 is 2.29 bits per heavy atom. The quantitative estimate of drug-likeness (QED) is 0.675. The Hall–Kier alpha value is -1.97. The van der Waals surface area contributed by atoms with Crippen molar-refractivity contribution in [2.45, 2.75) is 17.3 Å². The molecule has 110 valence electrons. The standard InChI is InChI=1S/C15H17N3O2S/c1-18-11-16-17-15(18)21-10-12-6-7-14(20-2)13(9-12)5-3-4-8-19/h6-7,9,11,19H,4,8,10H2,1-2H3. The molecule has 2 rings (SSSR count). The smallest absolute Gasteiger partial charge is 0.191 e. The molecule has 1 N–H and O–H groups in total. The summed E-state index contributed by atoms with van der Waals surface area (Å²) < 4.78 is 7.19. The van der Waals surface area contributed by atoms with Gasteiger partial charge in [-0.05, 0) is 17.7 Å². The van der Waals surface area contributed by atoms with Crippen LogP contribution in [0.15, 0.2) is 29.7 Å². The average molecular weight is 303 g/mol. The number of ether oxygens (including phenoxy) is 1. The van der Waals surface area contributed by atoms with E-state index in [0.29, 0.717) is 6.42 Å². The maximum Gasteiger partial charge on any atom is 0.191 e. The van der Waals surface area contributed by atoms with Crippen LogP contribution >= 0.6 is 11.8 Å². The first-order chi connectivity index (χ1) is 10.2. The number of aryl methyl sites for hydroxylation is 1. The molecule has 21 heavy (non-hydrogen) atoms. The van der Waals surface area contributed by atoms with Gasteiger partial charge in [-0.1, -0.05) is 29.7 Å². The predicted octanol–water partition coefficient (Wildman–Crippen LogP) is 1.85. The molecule has 0 unspecified atom stereocenters. The van der Waals surface area contributed by atoms with Gasteiger partial charge < -0.3 is 14.4 Å². The van der Waals surface area contributed by atoms with Gasteiger partial charge in [0.1, 0.15) is 12.1 Å². The van der Waals surface area contributed by atoms with Gasteiger partial charge in [0.2, 0.25) is 0 Å². The third-order valence-corrected chi connectivity index (χ3v) is 3.87. The van der Waals surface area contributed by atoms with E-state index in [9.17, 15) is 0 Å². The van der Waals surface area contributed by atoms with Gasteiger partial charge in [0.15, 0.2) is 5.16 Å². The molecule has 5 nitrogen and oxygen atoms in total. The minimum absolute atomic E-state index is 0.0665. The number of aliphatic hydroxyl groups is 1. The monoisotopic (exact) mass is 303 g/mol. The van der Waals surface area contributed by atoms with E-state index in [1.54, 1.807) is 25.2 Å². The molecule has 0 aliphatic rings. The van der Waals surface area contributed by atoms with Crippen LogP contribution in [0.2, 0.25) is 0 Å². The number of thioether (sulfide) groups is 1. The van der Waals surface area contributed by atoms with Crippen molar-refractivity contribution in [1.82, 2.24) is 14.8 Å². The molecular formula is C15H17N3O2S. The molecule has 0 aliphatic carbocycles. The highest BCUT2D eigenvalue weighted by molar-refractivity contribution is 7.98. The van der Waals surface area contributed by atoms with E-state index in [2.05, 4.69) is 22.0 Å². The Kier molecular flexibility index (Phi) is 5.67. The summed E-state index contributed by atoms with van der Waals surface area (Å²) in [7, 11) is 3.54. The molecule has 6 heteroatoms. The third kappa shape index (κ3) is 4.25. The highest BCUT2D eigenvalue weighted by Gasteiger charge is 2.05. The fourth-order valence-corrected chi connectivity index (χ4v) is 2.54. The van der Waals surface area contributed by atoms with Gasteiger partial charge in [-0.3, -0.25) is 0 Å². The van der Waals surface area contributed by atoms with Gasteiger partial charge in [0.25, 0.3) is 0 Å². The Balaban J connectivity index is 2.12.